The molecule has 0 fully saturated rings. The van der Waals surface area contributed by atoms with Crippen molar-refractivity contribution in [1.29, 1.82) is 0 Å². The summed E-state index contributed by atoms with van der Waals surface area (Å²) in [7, 11) is 0. The summed E-state index contributed by atoms with van der Waals surface area (Å²) in [6.07, 6.45) is 0.546. The quantitative estimate of drug-likeness (QED) is 0.716. The van der Waals surface area contributed by atoms with Gasteiger partial charge in [0, 0.05) is 24.1 Å². The largest absolute Gasteiger partial charge is 0.321 e. The topological polar surface area (TPSA) is 103 Å². The number of aromatic amines is 1. The number of nitrogens with one attached hydrogen (secondary N) is 2. The van der Waals surface area contributed by atoms with Gasteiger partial charge >= 0.3 is 0 Å². The van der Waals surface area contributed by atoms with Crippen molar-refractivity contribution in [2.45, 2.75) is 26.7 Å². The van der Waals surface area contributed by atoms with E-state index in [0.717, 1.165) is 17.0 Å². The Morgan fingerprint density at radius 3 is 2.59 bits per heavy atom. The van der Waals surface area contributed by atoms with Gasteiger partial charge in [0.2, 0.25) is 5.91 Å². The number of aryl methyl sites for hydroxylation is 2. The Morgan fingerprint density at radius 2 is 1.90 bits per heavy atom. The van der Waals surface area contributed by atoms with Gasteiger partial charge in [0.25, 0.3) is 5.91 Å². The smallest absolute Gasteiger partial charge is 0.271 e. The molecular weight excluding hydrogens is 368 g/mol. The van der Waals surface area contributed by atoms with Crippen LogP contribution in [0.5, 0.6) is 0 Å². The van der Waals surface area contributed by atoms with Crippen LogP contribution >= 0.6 is 0 Å². The number of H-pyrrole nitrogens is 1. The lowest BCUT2D eigenvalue weighted by Crippen LogP contribution is -2.36. The molecule has 29 heavy (non-hydrogen) atoms. The number of carbonyl (C=O) groups excluding carboxylic acids is 2. The van der Waals surface area contributed by atoms with Crippen LogP contribution in [0.2, 0.25) is 0 Å². The van der Waals surface area contributed by atoms with E-state index in [2.05, 4.69) is 25.6 Å². The number of carbonyl (C=O) groups is 2. The average Bonchev–Trinajstić information content (AvgIpc) is 3.15. The van der Waals surface area contributed by atoms with E-state index in [0.29, 0.717) is 29.3 Å². The Kier molecular flexibility index (Phi) is 4.90. The standard InChI is InChI=1S/C21H20N6O2/c1-13-4-3-5-17(12-13)27-19(28)11-10-18(26-27)21(29)23-16-8-6-15(7-9-16)20-22-14(2)24-25-20/h3-9,12H,10-11H2,1-2H3,(H,23,29)(H,22,24,25). The third-order valence-electron chi connectivity index (χ3n) is 4.54. The van der Waals surface area contributed by atoms with E-state index in [9.17, 15) is 9.59 Å². The first-order valence-corrected chi connectivity index (χ1v) is 9.27. The van der Waals surface area contributed by atoms with Crippen molar-refractivity contribution >= 4 is 28.9 Å². The molecule has 3 aromatic rings. The molecule has 0 bridgehead atoms. The number of hydrazone groups is 1. The second-order valence-corrected chi connectivity index (χ2v) is 6.87. The fourth-order valence-electron chi connectivity index (χ4n) is 3.06. The van der Waals surface area contributed by atoms with E-state index in [4.69, 9.17) is 0 Å². The van der Waals surface area contributed by atoms with Gasteiger partial charge in [-0.3, -0.25) is 14.7 Å². The minimum atomic E-state index is -0.323. The van der Waals surface area contributed by atoms with Gasteiger partial charge in [-0.15, -0.1) is 0 Å². The van der Waals surface area contributed by atoms with Gasteiger partial charge in [-0.25, -0.2) is 9.99 Å². The summed E-state index contributed by atoms with van der Waals surface area (Å²) in [5.41, 5.74) is 3.47. The highest BCUT2D eigenvalue weighted by molar-refractivity contribution is 6.44. The van der Waals surface area contributed by atoms with E-state index in [1.807, 2.05) is 44.2 Å². The summed E-state index contributed by atoms with van der Waals surface area (Å²) >= 11 is 0. The number of benzene rings is 2. The molecule has 0 saturated heterocycles. The Labute approximate surface area is 167 Å². The Bertz CT molecular complexity index is 1100. The molecule has 8 heteroatoms. The zero-order chi connectivity index (χ0) is 20.4. The Morgan fingerprint density at radius 1 is 1.10 bits per heavy atom. The van der Waals surface area contributed by atoms with Crippen LogP contribution in [-0.2, 0) is 9.59 Å². The van der Waals surface area contributed by atoms with Gasteiger partial charge in [0.15, 0.2) is 5.82 Å². The zero-order valence-electron chi connectivity index (χ0n) is 16.1. The van der Waals surface area contributed by atoms with E-state index < -0.39 is 0 Å². The summed E-state index contributed by atoms with van der Waals surface area (Å²) in [6, 6.07) is 14.7. The van der Waals surface area contributed by atoms with Gasteiger partial charge in [-0.1, -0.05) is 12.1 Å². The normalized spacial score (nSPS) is 13.9. The molecule has 4 rings (SSSR count). The fourth-order valence-corrected chi connectivity index (χ4v) is 3.06. The molecule has 0 spiro atoms. The van der Waals surface area contributed by atoms with Crippen LogP contribution in [0.15, 0.2) is 53.6 Å². The van der Waals surface area contributed by atoms with Gasteiger partial charge in [-0.2, -0.15) is 10.2 Å². The maximum absolute atomic E-state index is 12.7. The molecule has 0 saturated carbocycles. The monoisotopic (exact) mass is 388 g/mol. The molecule has 2 amide bonds. The van der Waals surface area contributed by atoms with Crippen molar-refractivity contribution < 1.29 is 9.59 Å². The lowest BCUT2D eigenvalue weighted by molar-refractivity contribution is -0.118. The molecule has 0 atom stereocenters. The molecular formula is C21H20N6O2. The second kappa shape index (κ2) is 7.67. The summed E-state index contributed by atoms with van der Waals surface area (Å²) in [5, 5.41) is 15.4. The minimum absolute atomic E-state index is 0.127. The molecule has 1 aliphatic heterocycles. The van der Waals surface area contributed by atoms with Crippen LogP contribution in [0, 0.1) is 13.8 Å². The van der Waals surface area contributed by atoms with Crippen molar-refractivity contribution in [3.8, 4) is 11.4 Å². The molecule has 146 valence electrons. The molecule has 2 heterocycles. The molecule has 2 N–H and O–H groups in total. The third kappa shape index (κ3) is 4.06. The third-order valence-corrected chi connectivity index (χ3v) is 4.54. The van der Waals surface area contributed by atoms with Crippen LogP contribution in [0.3, 0.4) is 0 Å². The van der Waals surface area contributed by atoms with E-state index in [1.54, 1.807) is 18.2 Å². The number of amides is 2. The van der Waals surface area contributed by atoms with Crippen molar-refractivity contribution in [2.24, 2.45) is 5.10 Å². The first kappa shape index (κ1) is 18.5. The molecule has 0 aliphatic carbocycles. The minimum Gasteiger partial charge on any atom is -0.321 e. The van der Waals surface area contributed by atoms with Gasteiger partial charge in [-0.05, 0) is 55.8 Å². The summed E-state index contributed by atoms with van der Waals surface area (Å²) < 4.78 is 0. The number of hydrogen-bond donors (Lipinski definition) is 2. The van der Waals surface area contributed by atoms with Crippen LogP contribution in [0.1, 0.15) is 24.2 Å². The van der Waals surface area contributed by atoms with E-state index in [1.165, 1.54) is 5.01 Å². The predicted molar refractivity (Wildman–Crippen MR) is 111 cm³/mol. The van der Waals surface area contributed by atoms with Gasteiger partial charge < -0.3 is 5.32 Å². The SMILES string of the molecule is Cc1cccc(N2N=C(C(=O)Nc3ccc(-c4n[nH]c(C)n4)cc3)CCC2=O)c1. The van der Waals surface area contributed by atoms with Crippen molar-refractivity contribution in [1.82, 2.24) is 15.2 Å². The van der Waals surface area contributed by atoms with Crippen LogP contribution < -0.4 is 10.3 Å². The predicted octanol–water partition coefficient (Wildman–Crippen LogP) is 3.21. The molecule has 0 unspecified atom stereocenters. The van der Waals surface area contributed by atoms with Crippen LogP contribution in [-0.4, -0.2) is 32.7 Å². The van der Waals surface area contributed by atoms with Gasteiger partial charge in [0.1, 0.15) is 11.5 Å². The van der Waals surface area contributed by atoms with Crippen LogP contribution in [0.4, 0.5) is 11.4 Å². The van der Waals surface area contributed by atoms with Crippen molar-refractivity contribution in [2.75, 3.05) is 10.3 Å². The Hall–Kier alpha value is -3.81. The maximum atomic E-state index is 12.7. The summed E-state index contributed by atoms with van der Waals surface area (Å²) in [5.74, 6) is 0.889. The Balaban J connectivity index is 1.50. The number of anilines is 2. The molecule has 2 aromatic carbocycles. The summed E-state index contributed by atoms with van der Waals surface area (Å²) in [4.78, 5) is 29.2. The molecule has 1 aliphatic rings. The fraction of sp³-hybridized carbons (Fsp3) is 0.190. The second-order valence-electron chi connectivity index (χ2n) is 6.87. The van der Waals surface area contributed by atoms with Gasteiger partial charge in [0.05, 0.1) is 5.69 Å². The molecule has 0 radical (unpaired) electrons. The lowest BCUT2D eigenvalue weighted by Gasteiger charge is -2.23. The van der Waals surface area contributed by atoms with Crippen molar-refractivity contribution in [3.05, 3.63) is 59.9 Å². The summed E-state index contributed by atoms with van der Waals surface area (Å²) in [6.45, 7) is 3.78. The van der Waals surface area contributed by atoms with E-state index in [-0.39, 0.29) is 18.2 Å². The number of aromatic nitrogens is 3. The maximum Gasteiger partial charge on any atom is 0.271 e. The number of nitrogens with zero attached hydrogens (tertiary/aromatic N) is 4. The van der Waals surface area contributed by atoms with Crippen LogP contribution in [0.25, 0.3) is 11.4 Å². The number of rotatable bonds is 4. The van der Waals surface area contributed by atoms with E-state index >= 15 is 0 Å². The zero-order valence-corrected chi connectivity index (χ0v) is 16.1. The first-order chi connectivity index (χ1) is 14.0. The first-order valence-electron chi connectivity index (χ1n) is 9.27. The average molecular weight is 388 g/mol. The molecule has 1 aromatic heterocycles. The highest BCUT2D eigenvalue weighted by Crippen LogP contribution is 2.22. The molecule has 8 nitrogen and oxygen atoms in total. The highest BCUT2D eigenvalue weighted by atomic mass is 16.2. The van der Waals surface area contributed by atoms with Crippen molar-refractivity contribution in [3.63, 3.8) is 0 Å². The lowest BCUT2D eigenvalue weighted by atomic mass is 10.1. The highest BCUT2D eigenvalue weighted by Gasteiger charge is 2.25. The number of hydrogen-bond acceptors (Lipinski definition) is 5.